The minimum Gasteiger partial charge on any atom is -0.481 e. The van der Waals surface area contributed by atoms with Crippen LogP contribution in [0.1, 0.15) is 23.1 Å². The molecule has 0 saturated carbocycles. The maximum Gasteiger partial charge on any atom is 0.322 e. The molecule has 0 spiro atoms. The van der Waals surface area contributed by atoms with E-state index in [0.717, 1.165) is 29.2 Å². The zero-order chi connectivity index (χ0) is 22.6. The lowest BCUT2D eigenvalue weighted by atomic mass is 9.97. The number of fused-ring (bicyclic) bond motifs is 3. The normalized spacial score (nSPS) is 21.4. The third-order valence-electron chi connectivity index (χ3n) is 6.43. The van der Waals surface area contributed by atoms with Crippen LogP contribution in [-0.4, -0.2) is 53.0 Å². The summed E-state index contributed by atoms with van der Waals surface area (Å²) in [6.07, 6.45) is 4.77. The molecule has 0 radical (unpaired) electrons. The number of nitrogens with zero attached hydrogens (tertiary/aromatic N) is 3. The van der Waals surface area contributed by atoms with Crippen molar-refractivity contribution < 1.29 is 23.1 Å². The van der Waals surface area contributed by atoms with Gasteiger partial charge in [-0.05, 0) is 42.5 Å². The average Bonchev–Trinajstić information content (AvgIpc) is 3.38. The molecule has 2 atom stereocenters. The van der Waals surface area contributed by atoms with Gasteiger partial charge in [-0.25, -0.2) is 18.6 Å². The lowest BCUT2D eigenvalue weighted by Crippen LogP contribution is -2.48. The molecule has 3 heterocycles. The van der Waals surface area contributed by atoms with Gasteiger partial charge in [-0.2, -0.15) is 0 Å². The van der Waals surface area contributed by atoms with Crippen molar-refractivity contribution >= 4 is 23.2 Å². The number of nitrogens with one attached hydrogen (secondary N) is 1. The summed E-state index contributed by atoms with van der Waals surface area (Å²) in [5.41, 5.74) is 3.29. The van der Waals surface area contributed by atoms with Crippen molar-refractivity contribution in [2.75, 3.05) is 25.5 Å². The summed E-state index contributed by atoms with van der Waals surface area (Å²) in [5, 5.41) is 2.54. The molecule has 5 rings (SSSR count). The number of methoxy groups -OCH3 is 1. The van der Waals surface area contributed by atoms with Crippen LogP contribution >= 0.6 is 0 Å². The topological polar surface area (TPSA) is 74.8 Å². The third kappa shape index (κ3) is 3.28. The van der Waals surface area contributed by atoms with Gasteiger partial charge >= 0.3 is 6.03 Å². The first-order valence-electron chi connectivity index (χ1n) is 10.4. The molecule has 2 aliphatic heterocycles. The van der Waals surface area contributed by atoms with Gasteiger partial charge in [-0.15, -0.1) is 0 Å². The predicted molar refractivity (Wildman–Crippen MR) is 113 cm³/mol. The van der Waals surface area contributed by atoms with Crippen molar-refractivity contribution in [1.82, 2.24) is 14.8 Å². The molecule has 1 N–H and O–H groups in total. The SMILES string of the molecule is COc1cc(C)c(C2=C[C@@H]3C[C@H]2N(C(=O)CN2Cc4c(ccc(F)c4F)NC2=O)C3)cn1. The number of aryl methyl sites for hydroxylation is 1. The fourth-order valence-corrected chi connectivity index (χ4v) is 4.84. The lowest BCUT2D eigenvalue weighted by Gasteiger charge is -2.33. The van der Waals surface area contributed by atoms with E-state index in [1.54, 1.807) is 18.2 Å². The van der Waals surface area contributed by atoms with E-state index in [-0.39, 0.29) is 42.2 Å². The minimum absolute atomic E-state index is 0.0425. The Morgan fingerprint density at radius 1 is 1.34 bits per heavy atom. The number of benzene rings is 1. The van der Waals surface area contributed by atoms with Gasteiger partial charge < -0.3 is 19.9 Å². The molecule has 1 fully saturated rings. The van der Waals surface area contributed by atoms with Crippen molar-refractivity contribution in [3.05, 3.63) is 58.8 Å². The van der Waals surface area contributed by atoms with Crippen molar-refractivity contribution in [2.24, 2.45) is 5.92 Å². The van der Waals surface area contributed by atoms with Gasteiger partial charge in [0.05, 0.1) is 25.4 Å². The van der Waals surface area contributed by atoms with Crippen LogP contribution in [0, 0.1) is 24.5 Å². The van der Waals surface area contributed by atoms with Crippen molar-refractivity contribution in [3.63, 3.8) is 0 Å². The largest absolute Gasteiger partial charge is 0.481 e. The first-order valence-corrected chi connectivity index (χ1v) is 10.4. The van der Waals surface area contributed by atoms with E-state index in [0.29, 0.717) is 12.4 Å². The van der Waals surface area contributed by atoms with Crippen LogP contribution in [0.5, 0.6) is 5.88 Å². The molecule has 7 nitrogen and oxygen atoms in total. The second-order valence-corrected chi connectivity index (χ2v) is 8.39. The highest BCUT2D eigenvalue weighted by Gasteiger charge is 2.43. The van der Waals surface area contributed by atoms with E-state index >= 15 is 0 Å². The number of amides is 3. The van der Waals surface area contributed by atoms with E-state index in [9.17, 15) is 18.4 Å². The standard InChI is InChI=1S/C23H22F2N4O3/c1-12-5-20(32-2)26-8-15(12)14-6-13-7-19(14)29(9-13)21(30)11-28-10-16-18(27-23(28)31)4-3-17(24)22(16)25/h3-6,8,13,19H,7,9-11H2,1-2H3,(H,27,31)/t13-,19-/m1/s1. The van der Waals surface area contributed by atoms with Crippen molar-refractivity contribution in [1.29, 1.82) is 0 Å². The summed E-state index contributed by atoms with van der Waals surface area (Å²) in [5.74, 6) is -1.45. The van der Waals surface area contributed by atoms with E-state index < -0.39 is 17.7 Å². The summed E-state index contributed by atoms with van der Waals surface area (Å²) in [7, 11) is 1.56. The quantitative estimate of drug-likeness (QED) is 0.792. The summed E-state index contributed by atoms with van der Waals surface area (Å²) in [6, 6.07) is 3.55. The number of likely N-dealkylation sites (tertiary alicyclic amines) is 1. The summed E-state index contributed by atoms with van der Waals surface area (Å²) in [6.45, 7) is 2.17. The summed E-state index contributed by atoms with van der Waals surface area (Å²) >= 11 is 0. The molecule has 1 aliphatic carbocycles. The molecule has 1 saturated heterocycles. The number of hydrogen-bond acceptors (Lipinski definition) is 4. The lowest BCUT2D eigenvalue weighted by molar-refractivity contribution is -0.132. The first kappa shape index (κ1) is 20.4. The molecular weight excluding hydrogens is 418 g/mol. The minimum atomic E-state index is -1.01. The van der Waals surface area contributed by atoms with Crippen molar-refractivity contribution in [3.8, 4) is 5.88 Å². The number of urea groups is 1. The number of halogens is 2. The molecule has 166 valence electrons. The smallest absolute Gasteiger partial charge is 0.322 e. The van der Waals surface area contributed by atoms with Gasteiger partial charge in [0.2, 0.25) is 11.8 Å². The molecule has 3 amide bonds. The van der Waals surface area contributed by atoms with Crippen molar-refractivity contribution in [2.45, 2.75) is 25.9 Å². The highest BCUT2D eigenvalue weighted by molar-refractivity contribution is 5.95. The number of hydrogen-bond donors (Lipinski definition) is 1. The Morgan fingerprint density at radius 2 is 2.16 bits per heavy atom. The Hall–Kier alpha value is -3.49. The Morgan fingerprint density at radius 3 is 2.88 bits per heavy atom. The van der Waals surface area contributed by atoms with Crippen LogP contribution in [0.4, 0.5) is 19.3 Å². The van der Waals surface area contributed by atoms with Gasteiger partial charge in [0.1, 0.15) is 6.54 Å². The number of anilines is 1. The van der Waals surface area contributed by atoms with Crippen LogP contribution in [0.15, 0.2) is 30.5 Å². The van der Waals surface area contributed by atoms with E-state index in [1.807, 2.05) is 13.0 Å². The molecule has 3 aliphatic rings. The third-order valence-corrected chi connectivity index (χ3v) is 6.43. The fourth-order valence-electron chi connectivity index (χ4n) is 4.84. The molecule has 32 heavy (non-hydrogen) atoms. The second kappa shape index (κ2) is 7.58. The summed E-state index contributed by atoms with van der Waals surface area (Å²) in [4.78, 5) is 32.9. The zero-order valence-corrected chi connectivity index (χ0v) is 17.7. The predicted octanol–water partition coefficient (Wildman–Crippen LogP) is 3.34. The number of pyridine rings is 1. The van der Waals surface area contributed by atoms with E-state index in [4.69, 9.17) is 4.74 Å². The maximum atomic E-state index is 14.2. The molecule has 2 bridgehead atoms. The van der Waals surface area contributed by atoms with E-state index in [2.05, 4.69) is 16.4 Å². The van der Waals surface area contributed by atoms with Crippen LogP contribution in [-0.2, 0) is 11.3 Å². The Kier molecular flexibility index (Phi) is 4.83. The summed E-state index contributed by atoms with van der Waals surface area (Å²) < 4.78 is 33.0. The highest BCUT2D eigenvalue weighted by Crippen LogP contribution is 2.43. The van der Waals surface area contributed by atoms with Crippen LogP contribution < -0.4 is 10.1 Å². The monoisotopic (exact) mass is 440 g/mol. The molecule has 0 unspecified atom stereocenters. The van der Waals surface area contributed by atoms with Gasteiger partial charge in [0.15, 0.2) is 11.6 Å². The fraction of sp³-hybridized carbons (Fsp3) is 0.348. The zero-order valence-electron chi connectivity index (χ0n) is 17.7. The number of rotatable bonds is 4. The number of carbonyl (C=O) groups excluding carboxylic acids is 2. The second-order valence-electron chi connectivity index (χ2n) is 8.39. The number of ether oxygens (including phenoxy) is 1. The molecular formula is C23H22F2N4O3. The van der Waals surface area contributed by atoms with Gasteiger partial charge in [0.25, 0.3) is 0 Å². The van der Waals surface area contributed by atoms with Crippen LogP contribution in [0.2, 0.25) is 0 Å². The van der Waals surface area contributed by atoms with Gasteiger partial charge in [-0.1, -0.05) is 6.08 Å². The van der Waals surface area contributed by atoms with Crippen LogP contribution in [0.25, 0.3) is 5.57 Å². The Bertz CT molecular complexity index is 1170. The number of aromatic nitrogens is 1. The Labute approximate surface area is 183 Å². The average molecular weight is 440 g/mol. The molecule has 1 aromatic carbocycles. The number of carbonyl (C=O) groups is 2. The molecule has 1 aromatic heterocycles. The molecule has 2 aromatic rings. The Balaban J connectivity index is 1.33. The first-order chi connectivity index (χ1) is 15.4. The highest BCUT2D eigenvalue weighted by atomic mass is 19.2. The molecule has 9 heteroatoms. The van der Waals surface area contributed by atoms with E-state index in [1.165, 1.54) is 11.0 Å². The van der Waals surface area contributed by atoms with Gasteiger partial charge in [-0.3, -0.25) is 4.79 Å². The van der Waals surface area contributed by atoms with Gasteiger partial charge in [0, 0.05) is 29.9 Å². The van der Waals surface area contributed by atoms with Crippen LogP contribution in [0.3, 0.4) is 0 Å². The maximum absolute atomic E-state index is 14.2.